The molecule has 5 rings (SSSR count). The predicted molar refractivity (Wildman–Crippen MR) is 96.0 cm³/mol. The van der Waals surface area contributed by atoms with Crippen molar-refractivity contribution in [3.05, 3.63) is 24.0 Å². The Bertz CT molecular complexity index is 877. The summed E-state index contributed by atoms with van der Waals surface area (Å²) in [4.78, 5) is 30.6. The Hall–Kier alpha value is -2.41. The number of nitrogens with zero attached hydrogens (tertiary/aromatic N) is 2. The number of fused-ring (bicyclic) bond motifs is 3. The number of nitrogens with one attached hydrogen (secondary N) is 2. The average Bonchev–Trinajstić information content (AvgIpc) is 3.36. The van der Waals surface area contributed by atoms with Gasteiger partial charge in [0, 0.05) is 54.8 Å². The van der Waals surface area contributed by atoms with Crippen molar-refractivity contribution in [1.82, 2.24) is 15.6 Å². The molecule has 7 nitrogen and oxygen atoms in total. The molecule has 0 aliphatic carbocycles. The van der Waals surface area contributed by atoms with Crippen molar-refractivity contribution in [2.24, 2.45) is 0 Å². The number of carbonyl (C=O) groups excluding carboxylic acids is 2. The van der Waals surface area contributed by atoms with Crippen LogP contribution in [-0.2, 0) is 4.79 Å². The average molecular weight is 354 g/mol. The highest BCUT2D eigenvalue weighted by atomic mass is 16.4. The number of aromatic nitrogens is 1. The first-order valence-corrected chi connectivity index (χ1v) is 9.44. The van der Waals surface area contributed by atoms with Gasteiger partial charge in [-0.1, -0.05) is 0 Å². The zero-order valence-electron chi connectivity index (χ0n) is 14.5. The van der Waals surface area contributed by atoms with Gasteiger partial charge in [-0.15, -0.1) is 0 Å². The molecule has 3 atom stereocenters. The van der Waals surface area contributed by atoms with Gasteiger partial charge in [0.1, 0.15) is 11.3 Å². The van der Waals surface area contributed by atoms with Crippen LogP contribution in [0.1, 0.15) is 49.0 Å². The Kier molecular flexibility index (Phi) is 3.70. The molecule has 2 bridgehead atoms. The molecule has 136 valence electrons. The highest BCUT2D eigenvalue weighted by Crippen LogP contribution is 2.30. The fraction of sp³-hybridized carbons (Fsp3) is 0.526. The predicted octanol–water partition coefficient (Wildman–Crippen LogP) is 1.97. The van der Waals surface area contributed by atoms with E-state index in [4.69, 9.17) is 4.42 Å². The standard InChI is InChI=1S/C19H22N4O3/c24-17-3-1-2-6-23(17)18-7-11-10-20-15(9-16(11)26-18)19(25)22-14-8-12-4-5-13(14)21-12/h7,9-10,12-14,21H,1-6,8H2,(H,22,25)/t12-,13+,14-/m1/s1. The van der Waals surface area contributed by atoms with Gasteiger partial charge in [0.05, 0.1) is 0 Å². The van der Waals surface area contributed by atoms with Gasteiger partial charge >= 0.3 is 0 Å². The molecule has 3 aliphatic heterocycles. The molecule has 3 fully saturated rings. The maximum absolute atomic E-state index is 12.6. The van der Waals surface area contributed by atoms with E-state index in [2.05, 4.69) is 15.6 Å². The molecule has 7 heteroatoms. The molecule has 26 heavy (non-hydrogen) atoms. The summed E-state index contributed by atoms with van der Waals surface area (Å²) in [6.45, 7) is 0.677. The van der Waals surface area contributed by atoms with Crippen molar-refractivity contribution >= 4 is 28.7 Å². The zero-order chi connectivity index (χ0) is 17.7. The van der Waals surface area contributed by atoms with Crippen molar-refractivity contribution in [1.29, 1.82) is 0 Å². The van der Waals surface area contributed by atoms with Gasteiger partial charge in [-0.2, -0.15) is 0 Å². The topological polar surface area (TPSA) is 87.5 Å². The van der Waals surface area contributed by atoms with Crippen LogP contribution in [0.15, 0.2) is 22.7 Å². The van der Waals surface area contributed by atoms with Crippen LogP contribution in [0.5, 0.6) is 0 Å². The van der Waals surface area contributed by atoms with Gasteiger partial charge in [0.25, 0.3) is 5.91 Å². The third-order valence-corrected chi connectivity index (χ3v) is 5.83. The number of anilines is 1. The minimum absolute atomic E-state index is 0.0880. The Balaban J connectivity index is 1.36. The monoisotopic (exact) mass is 354 g/mol. The number of hydrogen-bond donors (Lipinski definition) is 2. The van der Waals surface area contributed by atoms with Gasteiger partial charge in [-0.25, -0.2) is 0 Å². The SMILES string of the molecule is O=C(N[C@@H]1C[C@H]2CC[C@@H]1N2)c1cc2oc(N3CCCCC3=O)cc2cn1. The minimum Gasteiger partial charge on any atom is -0.440 e. The van der Waals surface area contributed by atoms with Crippen LogP contribution in [-0.4, -0.2) is 41.5 Å². The maximum atomic E-state index is 12.6. The Labute approximate surface area is 151 Å². The van der Waals surface area contributed by atoms with E-state index in [0.29, 0.717) is 42.2 Å². The maximum Gasteiger partial charge on any atom is 0.270 e. The van der Waals surface area contributed by atoms with E-state index in [1.807, 2.05) is 6.07 Å². The molecule has 2 N–H and O–H groups in total. The normalized spacial score (nSPS) is 28.1. The second-order valence-electron chi connectivity index (χ2n) is 7.56. The lowest BCUT2D eigenvalue weighted by Crippen LogP contribution is -2.43. The number of furan rings is 1. The number of carbonyl (C=O) groups is 2. The van der Waals surface area contributed by atoms with E-state index in [0.717, 1.165) is 31.1 Å². The number of amides is 2. The molecule has 2 amide bonds. The Morgan fingerprint density at radius 1 is 1.31 bits per heavy atom. The van der Waals surface area contributed by atoms with Crippen molar-refractivity contribution in [2.45, 2.75) is 56.7 Å². The Morgan fingerprint density at radius 3 is 3.00 bits per heavy atom. The van der Waals surface area contributed by atoms with Crippen molar-refractivity contribution < 1.29 is 14.0 Å². The quantitative estimate of drug-likeness (QED) is 0.880. The van der Waals surface area contributed by atoms with Gasteiger partial charge in [-0.3, -0.25) is 19.5 Å². The van der Waals surface area contributed by atoms with Crippen LogP contribution in [0, 0.1) is 0 Å². The highest BCUT2D eigenvalue weighted by Gasteiger charge is 2.39. The van der Waals surface area contributed by atoms with Crippen LogP contribution in [0.2, 0.25) is 0 Å². The van der Waals surface area contributed by atoms with Crippen molar-refractivity contribution in [3.8, 4) is 0 Å². The van der Waals surface area contributed by atoms with E-state index >= 15 is 0 Å². The largest absolute Gasteiger partial charge is 0.440 e. The summed E-state index contributed by atoms with van der Waals surface area (Å²) in [5.74, 6) is 0.463. The number of rotatable bonds is 3. The summed E-state index contributed by atoms with van der Waals surface area (Å²) in [6, 6.07) is 4.59. The van der Waals surface area contributed by atoms with Gasteiger partial charge in [0.2, 0.25) is 11.8 Å². The molecule has 0 spiro atoms. The molecular weight excluding hydrogens is 332 g/mol. The first-order chi connectivity index (χ1) is 12.7. The van der Waals surface area contributed by atoms with E-state index in [1.54, 1.807) is 17.2 Å². The number of piperidine rings is 1. The van der Waals surface area contributed by atoms with Crippen LogP contribution in [0.25, 0.3) is 11.0 Å². The van der Waals surface area contributed by atoms with Crippen molar-refractivity contribution in [3.63, 3.8) is 0 Å². The van der Waals surface area contributed by atoms with E-state index in [9.17, 15) is 9.59 Å². The third kappa shape index (κ3) is 2.67. The van der Waals surface area contributed by atoms with Crippen LogP contribution >= 0.6 is 0 Å². The lowest BCUT2D eigenvalue weighted by molar-refractivity contribution is -0.119. The zero-order valence-corrected chi connectivity index (χ0v) is 14.5. The summed E-state index contributed by atoms with van der Waals surface area (Å²) < 4.78 is 5.86. The molecule has 0 saturated carbocycles. The molecule has 2 aromatic rings. The molecule has 3 aliphatic rings. The van der Waals surface area contributed by atoms with E-state index < -0.39 is 0 Å². The fourth-order valence-electron chi connectivity index (χ4n) is 4.44. The summed E-state index contributed by atoms with van der Waals surface area (Å²) in [5.41, 5.74) is 0.940. The Morgan fingerprint density at radius 2 is 2.23 bits per heavy atom. The fourth-order valence-corrected chi connectivity index (χ4v) is 4.44. The van der Waals surface area contributed by atoms with Crippen LogP contribution in [0.4, 0.5) is 5.88 Å². The molecule has 0 unspecified atom stereocenters. The number of hydrogen-bond acceptors (Lipinski definition) is 5. The van der Waals surface area contributed by atoms with Gasteiger partial charge < -0.3 is 15.1 Å². The highest BCUT2D eigenvalue weighted by molar-refractivity contribution is 5.98. The first kappa shape index (κ1) is 15.8. The smallest absolute Gasteiger partial charge is 0.270 e. The summed E-state index contributed by atoms with van der Waals surface area (Å²) in [6.07, 6.45) is 7.41. The molecule has 5 heterocycles. The third-order valence-electron chi connectivity index (χ3n) is 5.83. The van der Waals surface area contributed by atoms with E-state index in [1.165, 1.54) is 6.42 Å². The van der Waals surface area contributed by atoms with Gasteiger partial charge in [-0.05, 0) is 32.1 Å². The van der Waals surface area contributed by atoms with Crippen LogP contribution in [0.3, 0.4) is 0 Å². The second kappa shape index (κ2) is 6.09. The number of pyridine rings is 1. The summed E-state index contributed by atoms with van der Waals surface area (Å²) >= 11 is 0. The summed E-state index contributed by atoms with van der Waals surface area (Å²) in [7, 11) is 0. The lowest BCUT2D eigenvalue weighted by Gasteiger charge is -2.23. The second-order valence-corrected chi connectivity index (χ2v) is 7.56. The first-order valence-electron chi connectivity index (χ1n) is 9.44. The minimum atomic E-state index is -0.168. The van der Waals surface area contributed by atoms with Crippen LogP contribution < -0.4 is 15.5 Å². The summed E-state index contributed by atoms with van der Waals surface area (Å²) in [5, 5.41) is 7.42. The molecule has 3 saturated heterocycles. The van der Waals surface area contributed by atoms with Gasteiger partial charge in [0.15, 0.2) is 0 Å². The van der Waals surface area contributed by atoms with E-state index in [-0.39, 0.29) is 17.9 Å². The van der Waals surface area contributed by atoms with Crippen molar-refractivity contribution in [2.75, 3.05) is 11.4 Å². The molecular formula is C19H22N4O3. The molecule has 0 radical (unpaired) electrons. The molecule has 0 aromatic carbocycles. The molecule has 2 aromatic heterocycles. The lowest BCUT2D eigenvalue weighted by atomic mass is 9.95.